The van der Waals surface area contributed by atoms with Crippen LogP contribution in [-0.2, 0) is 11.2 Å². The number of aryl methyl sites for hydroxylation is 2. The first-order chi connectivity index (χ1) is 8.50. The summed E-state index contributed by atoms with van der Waals surface area (Å²) in [5, 5.41) is 10.0. The number of H-pyrrole nitrogens is 1. The lowest BCUT2D eigenvalue weighted by molar-refractivity contribution is -0.121. The average molecular weight is 252 g/mol. The number of nitrogens with one attached hydrogen (secondary N) is 2. The number of nitrogens with zero attached hydrogens (tertiary/aromatic N) is 2. The lowest BCUT2D eigenvalue weighted by atomic mass is 10.1. The summed E-state index contributed by atoms with van der Waals surface area (Å²) >= 11 is 0. The fraction of sp³-hybridized carbons (Fsp3) is 0.692. The van der Waals surface area contributed by atoms with E-state index in [-0.39, 0.29) is 5.91 Å². The topological polar surface area (TPSA) is 61.0 Å². The maximum absolute atomic E-state index is 11.7. The van der Waals surface area contributed by atoms with Crippen LogP contribution < -0.4 is 5.32 Å². The van der Waals surface area contributed by atoms with E-state index in [1.54, 1.807) is 0 Å². The number of carbonyl (C=O) groups excluding carboxylic acids is 1. The number of aromatic amines is 1. The largest absolute Gasteiger partial charge is 0.356 e. The van der Waals surface area contributed by atoms with Gasteiger partial charge in [-0.3, -0.25) is 9.89 Å². The van der Waals surface area contributed by atoms with Gasteiger partial charge in [0.1, 0.15) is 0 Å². The molecule has 0 unspecified atom stereocenters. The molecule has 0 aliphatic rings. The van der Waals surface area contributed by atoms with E-state index < -0.39 is 0 Å². The van der Waals surface area contributed by atoms with Crippen LogP contribution in [0.5, 0.6) is 0 Å². The SMILES string of the molecule is Cc1n[nH]c(C)c1CCC(=O)NCCCN(C)C. The number of carbonyl (C=O) groups is 1. The first-order valence-corrected chi connectivity index (χ1v) is 6.42. The van der Waals surface area contributed by atoms with Gasteiger partial charge in [0.05, 0.1) is 5.69 Å². The first-order valence-electron chi connectivity index (χ1n) is 6.42. The van der Waals surface area contributed by atoms with Crippen molar-refractivity contribution in [2.24, 2.45) is 0 Å². The van der Waals surface area contributed by atoms with E-state index in [9.17, 15) is 4.79 Å². The summed E-state index contributed by atoms with van der Waals surface area (Å²) in [4.78, 5) is 13.8. The quantitative estimate of drug-likeness (QED) is 0.712. The average Bonchev–Trinajstić information content (AvgIpc) is 2.62. The molecule has 0 saturated heterocycles. The van der Waals surface area contributed by atoms with Crippen molar-refractivity contribution in [3.05, 3.63) is 17.0 Å². The molecule has 1 aromatic rings. The fourth-order valence-corrected chi connectivity index (χ4v) is 1.89. The van der Waals surface area contributed by atoms with Crippen molar-refractivity contribution in [3.63, 3.8) is 0 Å². The molecule has 5 nitrogen and oxygen atoms in total. The number of hydrogen-bond donors (Lipinski definition) is 2. The van der Waals surface area contributed by atoms with Gasteiger partial charge in [-0.25, -0.2) is 0 Å². The highest BCUT2D eigenvalue weighted by atomic mass is 16.1. The van der Waals surface area contributed by atoms with E-state index >= 15 is 0 Å². The molecule has 0 aliphatic heterocycles. The van der Waals surface area contributed by atoms with Crippen molar-refractivity contribution in [1.82, 2.24) is 20.4 Å². The Kier molecular flexibility index (Phi) is 5.85. The molecule has 18 heavy (non-hydrogen) atoms. The monoisotopic (exact) mass is 252 g/mol. The predicted octanol–water partition coefficient (Wildman–Crippen LogP) is 1.03. The van der Waals surface area contributed by atoms with E-state index in [1.165, 1.54) is 5.56 Å². The van der Waals surface area contributed by atoms with E-state index in [4.69, 9.17) is 0 Å². The summed E-state index contributed by atoms with van der Waals surface area (Å²) in [7, 11) is 4.07. The maximum atomic E-state index is 11.7. The molecule has 1 rings (SSSR count). The minimum absolute atomic E-state index is 0.119. The van der Waals surface area contributed by atoms with Crippen molar-refractivity contribution in [1.29, 1.82) is 0 Å². The van der Waals surface area contributed by atoms with E-state index in [1.807, 2.05) is 27.9 Å². The smallest absolute Gasteiger partial charge is 0.220 e. The molecule has 1 amide bonds. The van der Waals surface area contributed by atoms with Crippen LogP contribution in [0.3, 0.4) is 0 Å². The zero-order valence-corrected chi connectivity index (χ0v) is 11.8. The van der Waals surface area contributed by atoms with Crippen LogP contribution in [0.25, 0.3) is 0 Å². The standard InChI is InChI=1S/C13H24N4O/c1-10-12(11(2)16-15-10)6-7-13(18)14-8-5-9-17(3)4/h5-9H2,1-4H3,(H,14,18)(H,15,16). The van der Waals surface area contributed by atoms with E-state index in [2.05, 4.69) is 20.4 Å². The second-order valence-corrected chi connectivity index (χ2v) is 4.92. The Balaban J connectivity index is 2.21. The zero-order chi connectivity index (χ0) is 13.5. The molecule has 102 valence electrons. The summed E-state index contributed by atoms with van der Waals surface area (Å²) in [5.41, 5.74) is 3.22. The summed E-state index contributed by atoms with van der Waals surface area (Å²) < 4.78 is 0. The third kappa shape index (κ3) is 4.87. The van der Waals surface area contributed by atoms with Crippen LogP contribution >= 0.6 is 0 Å². The molecule has 0 radical (unpaired) electrons. The lowest BCUT2D eigenvalue weighted by Gasteiger charge is -2.09. The summed E-state index contributed by atoms with van der Waals surface area (Å²) in [6.07, 6.45) is 2.28. The molecule has 2 N–H and O–H groups in total. The molecule has 0 spiro atoms. The summed E-state index contributed by atoms with van der Waals surface area (Å²) in [6.45, 7) is 5.71. The number of amides is 1. The Morgan fingerprint density at radius 2 is 2.11 bits per heavy atom. The van der Waals surface area contributed by atoms with E-state index in [0.717, 1.165) is 37.3 Å². The van der Waals surface area contributed by atoms with Crippen LogP contribution in [0.15, 0.2) is 0 Å². The third-order valence-electron chi connectivity index (χ3n) is 2.99. The third-order valence-corrected chi connectivity index (χ3v) is 2.99. The highest BCUT2D eigenvalue weighted by Gasteiger charge is 2.08. The van der Waals surface area contributed by atoms with Gasteiger partial charge in [0.15, 0.2) is 0 Å². The Morgan fingerprint density at radius 3 is 2.67 bits per heavy atom. The predicted molar refractivity (Wildman–Crippen MR) is 72.6 cm³/mol. The molecule has 0 bridgehead atoms. The maximum Gasteiger partial charge on any atom is 0.220 e. The second-order valence-electron chi connectivity index (χ2n) is 4.92. The van der Waals surface area contributed by atoms with Gasteiger partial charge in [0.25, 0.3) is 0 Å². The van der Waals surface area contributed by atoms with Gasteiger partial charge in [-0.05, 0) is 52.9 Å². The highest BCUT2D eigenvalue weighted by Crippen LogP contribution is 2.11. The number of hydrogen-bond acceptors (Lipinski definition) is 3. The minimum atomic E-state index is 0.119. The molecule has 0 aromatic carbocycles. The van der Waals surface area contributed by atoms with Crippen LogP contribution in [0.2, 0.25) is 0 Å². The second kappa shape index (κ2) is 7.16. The van der Waals surface area contributed by atoms with Crippen molar-refractivity contribution in [2.45, 2.75) is 33.1 Å². The normalized spacial score (nSPS) is 10.9. The van der Waals surface area contributed by atoms with Gasteiger partial charge in [0.2, 0.25) is 5.91 Å². The molecular formula is C13H24N4O. The van der Waals surface area contributed by atoms with E-state index in [0.29, 0.717) is 6.42 Å². The highest BCUT2D eigenvalue weighted by molar-refractivity contribution is 5.76. The molecule has 0 fully saturated rings. The Labute approximate surface area is 109 Å². The van der Waals surface area contributed by atoms with Gasteiger partial charge in [-0.15, -0.1) is 0 Å². The molecule has 0 atom stereocenters. The van der Waals surface area contributed by atoms with Crippen LogP contribution in [-0.4, -0.2) is 48.2 Å². The fourth-order valence-electron chi connectivity index (χ4n) is 1.89. The van der Waals surface area contributed by atoms with Crippen molar-refractivity contribution < 1.29 is 4.79 Å². The molecule has 0 aliphatic carbocycles. The minimum Gasteiger partial charge on any atom is -0.356 e. The number of rotatable bonds is 7. The van der Waals surface area contributed by atoms with Crippen LogP contribution in [0.1, 0.15) is 29.8 Å². The lowest BCUT2D eigenvalue weighted by Crippen LogP contribution is -2.27. The summed E-state index contributed by atoms with van der Waals surface area (Å²) in [6, 6.07) is 0. The first kappa shape index (κ1) is 14.7. The molecule has 5 heteroatoms. The van der Waals surface area contributed by atoms with Crippen molar-refractivity contribution in [3.8, 4) is 0 Å². The Bertz CT molecular complexity index is 365. The zero-order valence-electron chi connectivity index (χ0n) is 11.8. The summed E-state index contributed by atoms with van der Waals surface area (Å²) in [5.74, 6) is 0.119. The van der Waals surface area contributed by atoms with Gasteiger partial charge in [-0.2, -0.15) is 5.10 Å². The number of aromatic nitrogens is 2. The van der Waals surface area contributed by atoms with Gasteiger partial charge in [-0.1, -0.05) is 0 Å². The van der Waals surface area contributed by atoms with Crippen molar-refractivity contribution in [2.75, 3.05) is 27.2 Å². The molecule has 0 saturated carbocycles. The van der Waals surface area contributed by atoms with Gasteiger partial charge in [0, 0.05) is 18.7 Å². The Hall–Kier alpha value is -1.36. The van der Waals surface area contributed by atoms with Gasteiger partial charge >= 0.3 is 0 Å². The molecule has 1 aromatic heterocycles. The molecule has 1 heterocycles. The van der Waals surface area contributed by atoms with Crippen molar-refractivity contribution >= 4 is 5.91 Å². The van der Waals surface area contributed by atoms with Crippen LogP contribution in [0.4, 0.5) is 0 Å². The Morgan fingerprint density at radius 1 is 1.39 bits per heavy atom. The van der Waals surface area contributed by atoms with Crippen LogP contribution in [0, 0.1) is 13.8 Å². The molecular weight excluding hydrogens is 228 g/mol. The van der Waals surface area contributed by atoms with Gasteiger partial charge < -0.3 is 10.2 Å².